The summed E-state index contributed by atoms with van der Waals surface area (Å²) in [5.74, 6) is -0.0155. The lowest BCUT2D eigenvalue weighted by Gasteiger charge is -2.28. The van der Waals surface area contributed by atoms with E-state index < -0.39 is 11.3 Å². The van der Waals surface area contributed by atoms with Crippen molar-refractivity contribution in [2.24, 2.45) is 17.1 Å². The quantitative estimate of drug-likeness (QED) is 0.414. The highest BCUT2D eigenvalue weighted by Crippen LogP contribution is 2.38. The molecule has 4 N–H and O–H groups in total. The molecule has 29 heavy (non-hydrogen) atoms. The highest BCUT2D eigenvalue weighted by molar-refractivity contribution is 6.04. The third-order valence-electron chi connectivity index (χ3n) is 6.47. The van der Waals surface area contributed by atoms with Crippen LogP contribution in [0.1, 0.15) is 50.5 Å². The average Bonchev–Trinajstić information content (AvgIpc) is 3.24. The van der Waals surface area contributed by atoms with Gasteiger partial charge in [-0.05, 0) is 63.1 Å². The Morgan fingerprint density at radius 2 is 1.86 bits per heavy atom. The SMILES string of the molecule is NC(=O)C1(C(=O)NC(COCCC2CCNCC2)Cc2ccccc2)CCCC1. The Balaban J connectivity index is 1.56. The zero-order valence-corrected chi connectivity index (χ0v) is 17.3. The second kappa shape index (κ2) is 10.7. The largest absolute Gasteiger partial charge is 0.379 e. The lowest BCUT2D eigenvalue weighted by molar-refractivity contribution is -0.142. The van der Waals surface area contributed by atoms with Crippen molar-refractivity contribution in [2.75, 3.05) is 26.3 Å². The van der Waals surface area contributed by atoms with Gasteiger partial charge in [-0.2, -0.15) is 0 Å². The molecule has 1 atom stereocenters. The second-order valence-electron chi connectivity index (χ2n) is 8.57. The molecule has 1 unspecified atom stereocenters. The Kier molecular flexibility index (Phi) is 8.07. The standard InChI is InChI=1S/C23H35N3O3/c24-21(27)23(11-4-5-12-23)22(28)26-20(16-19-6-2-1-3-7-19)17-29-15-10-18-8-13-25-14-9-18/h1-3,6-7,18,20,25H,4-5,8-17H2,(H2,24,27)(H,26,28). The molecule has 6 nitrogen and oxygen atoms in total. The number of hydrogen-bond acceptors (Lipinski definition) is 4. The Morgan fingerprint density at radius 3 is 2.52 bits per heavy atom. The van der Waals surface area contributed by atoms with Crippen LogP contribution in [0.5, 0.6) is 0 Å². The molecule has 1 saturated heterocycles. The van der Waals surface area contributed by atoms with Gasteiger partial charge in [0, 0.05) is 6.61 Å². The van der Waals surface area contributed by atoms with Crippen LogP contribution in [0.4, 0.5) is 0 Å². The minimum Gasteiger partial charge on any atom is -0.379 e. The van der Waals surface area contributed by atoms with E-state index in [1.165, 1.54) is 12.8 Å². The van der Waals surface area contributed by atoms with E-state index in [4.69, 9.17) is 10.5 Å². The van der Waals surface area contributed by atoms with Gasteiger partial charge in [0.1, 0.15) is 5.41 Å². The molecule has 0 aromatic heterocycles. The molecule has 0 radical (unpaired) electrons. The normalized spacial score (nSPS) is 20.3. The predicted octanol–water partition coefficient (Wildman–Crippen LogP) is 2.17. The molecule has 1 saturated carbocycles. The first-order valence-electron chi connectivity index (χ1n) is 11.0. The minimum atomic E-state index is -1.05. The van der Waals surface area contributed by atoms with Crippen molar-refractivity contribution in [3.63, 3.8) is 0 Å². The topological polar surface area (TPSA) is 93.5 Å². The van der Waals surface area contributed by atoms with Gasteiger partial charge in [0.25, 0.3) is 0 Å². The predicted molar refractivity (Wildman–Crippen MR) is 113 cm³/mol. The fraction of sp³-hybridized carbons (Fsp3) is 0.652. The molecule has 3 rings (SSSR count). The van der Waals surface area contributed by atoms with Crippen molar-refractivity contribution in [2.45, 2.75) is 57.4 Å². The highest BCUT2D eigenvalue weighted by atomic mass is 16.5. The highest BCUT2D eigenvalue weighted by Gasteiger charge is 2.47. The monoisotopic (exact) mass is 401 g/mol. The number of carbonyl (C=O) groups excluding carboxylic acids is 2. The van der Waals surface area contributed by atoms with Gasteiger partial charge in [-0.25, -0.2) is 0 Å². The number of carbonyl (C=O) groups is 2. The number of benzene rings is 1. The second-order valence-corrected chi connectivity index (χ2v) is 8.57. The Hall–Kier alpha value is -1.92. The van der Waals surface area contributed by atoms with Crippen molar-refractivity contribution < 1.29 is 14.3 Å². The third-order valence-corrected chi connectivity index (χ3v) is 6.47. The molecule has 1 aromatic carbocycles. The van der Waals surface area contributed by atoms with Crippen molar-refractivity contribution in [1.82, 2.24) is 10.6 Å². The molecule has 2 aliphatic rings. The zero-order chi connectivity index (χ0) is 20.5. The molecule has 0 spiro atoms. The molecule has 160 valence electrons. The van der Waals surface area contributed by atoms with E-state index in [9.17, 15) is 9.59 Å². The summed E-state index contributed by atoms with van der Waals surface area (Å²) in [5.41, 5.74) is 5.72. The molecule has 2 fully saturated rings. The van der Waals surface area contributed by atoms with Crippen molar-refractivity contribution >= 4 is 11.8 Å². The van der Waals surface area contributed by atoms with E-state index in [-0.39, 0.29) is 11.9 Å². The number of nitrogens with two attached hydrogens (primary N) is 1. The first kappa shape index (κ1) is 21.8. The van der Waals surface area contributed by atoms with E-state index in [2.05, 4.69) is 10.6 Å². The number of ether oxygens (including phenoxy) is 1. The van der Waals surface area contributed by atoms with Crippen LogP contribution in [0.25, 0.3) is 0 Å². The number of rotatable bonds is 10. The smallest absolute Gasteiger partial charge is 0.235 e. The fourth-order valence-electron chi connectivity index (χ4n) is 4.58. The maximum absolute atomic E-state index is 13.0. The van der Waals surface area contributed by atoms with E-state index in [1.54, 1.807) is 0 Å². The van der Waals surface area contributed by atoms with Gasteiger partial charge in [-0.3, -0.25) is 9.59 Å². The summed E-state index contributed by atoms with van der Waals surface area (Å²) in [6, 6.07) is 9.89. The molecule has 1 aliphatic carbocycles. The number of primary amides is 1. The van der Waals surface area contributed by atoms with E-state index in [1.807, 2.05) is 30.3 Å². The molecular weight excluding hydrogens is 366 g/mol. The number of amides is 2. The van der Waals surface area contributed by atoms with E-state index in [0.29, 0.717) is 32.5 Å². The van der Waals surface area contributed by atoms with Crippen LogP contribution in [0.3, 0.4) is 0 Å². The number of hydrogen-bond donors (Lipinski definition) is 3. The minimum absolute atomic E-state index is 0.172. The van der Waals surface area contributed by atoms with Crippen molar-refractivity contribution in [3.05, 3.63) is 35.9 Å². The van der Waals surface area contributed by atoms with Crippen LogP contribution in [0.15, 0.2) is 30.3 Å². The Morgan fingerprint density at radius 1 is 1.17 bits per heavy atom. The maximum atomic E-state index is 13.0. The summed E-state index contributed by atoms with van der Waals surface area (Å²) in [6.07, 6.45) is 6.96. The molecule has 1 heterocycles. The lowest BCUT2D eigenvalue weighted by Crippen LogP contribution is -2.52. The van der Waals surface area contributed by atoms with Crippen molar-refractivity contribution in [3.8, 4) is 0 Å². The molecule has 0 bridgehead atoms. The van der Waals surface area contributed by atoms with Gasteiger partial charge >= 0.3 is 0 Å². The van der Waals surface area contributed by atoms with Gasteiger partial charge in [0.05, 0.1) is 12.6 Å². The number of nitrogens with one attached hydrogen (secondary N) is 2. The summed E-state index contributed by atoms with van der Waals surface area (Å²) in [4.78, 5) is 25.1. The summed E-state index contributed by atoms with van der Waals surface area (Å²) >= 11 is 0. The average molecular weight is 402 g/mol. The van der Waals surface area contributed by atoms with Crippen LogP contribution in [-0.2, 0) is 20.7 Å². The van der Waals surface area contributed by atoms with Crippen LogP contribution in [0.2, 0.25) is 0 Å². The molecule has 1 aliphatic heterocycles. The van der Waals surface area contributed by atoms with Gasteiger partial charge in [0.2, 0.25) is 11.8 Å². The van der Waals surface area contributed by atoms with Crippen LogP contribution in [-0.4, -0.2) is 44.2 Å². The maximum Gasteiger partial charge on any atom is 0.235 e. The fourth-order valence-corrected chi connectivity index (χ4v) is 4.58. The summed E-state index contributed by atoms with van der Waals surface area (Å²) < 4.78 is 5.98. The van der Waals surface area contributed by atoms with Crippen LogP contribution >= 0.6 is 0 Å². The first-order chi connectivity index (χ1) is 14.1. The van der Waals surface area contributed by atoms with Gasteiger partial charge in [0.15, 0.2) is 0 Å². The number of piperidine rings is 1. The zero-order valence-electron chi connectivity index (χ0n) is 17.3. The summed E-state index contributed by atoms with van der Waals surface area (Å²) in [5, 5.41) is 6.48. The Labute approximate surface area is 173 Å². The molecule has 6 heteroatoms. The first-order valence-corrected chi connectivity index (χ1v) is 11.0. The molecule has 1 aromatic rings. The van der Waals surface area contributed by atoms with Gasteiger partial charge in [-0.15, -0.1) is 0 Å². The van der Waals surface area contributed by atoms with Crippen molar-refractivity contribution in [1.29, 1.82) is 0 Å². The van der Waals surface area contributed by atoms with Crippen LogP contribution in [0, 0.1) is 11.3 Å². The van der Waals surface area contributed by atoms with E-state index >= 15 is 0 Å². The third kappa shape index (κ3) is 6.03. The summed E-state index contributed by atoms with van der Waals surface area (Å²) in [7, 11) is 0. The van der Waals surface area contributed by atoms with Crippen LogP contribution < -0.4 is 16.4 Å². The Bertz CT molecular complexity index is 653. The molecule has 2 amide bonds. The molecular formula is C23H35N3O3. The van der Waals surface area contributed by atoms with Gasteiger partial charge < -0.3 is 21.1 Å². The van der Waals surface area contributed by atoms with Gasteiger partial charge in [-0.1, -0.05) is 43.2 Å². The lowest BCUT2D eigenvalue weighted by atomic mass is 9.84. The summed E-state index contributed by atoms with van der Waals surface area (Å²) in [6.45, 7) is 3.33. The van der Waals surface area contributed by atoms with E-state index in [0.717, 1.165) is 43.8 Å².